The van der Waals surface area contributed by atoms with Crippen LogP contribution in [-0.4, -0.2) is 37.2 Å². The Hall–Kier alpha value is -3.67. The molecule has 6 heteroatoms. The van der Waals surface area contributed by atoms with Gasteiger partial charge in [-0.25, -0.2) is 0 Å². The van der Waals surface area contributed by atoms with Gasteiger partial charge < -0.3 is 14.2 Å². The highest BCUT2D eigenvalue weighted by Gasteiger charge is 2.19. The monoisotopic (exact) mass is 1130 g/mol. The summed E-state index contributed by atoms with van der Waals surface area (Å²) >= 11 is 0. The van der Waals surface area contributed by atoms with Crippen LogP contribution in [0.2, 0.25) is 0 Å². The zero-order valence-corrected chi connectivity index (χ0v) is 53.5. The van der Waals surface area contributed by atoms with Gasteiger partial charge >= 0.3 is 17.9 Å². The van der Waals surface area contributed by atoms with E-state index in [1.54, 1.807) is 0 Å². The smallest absolute Gasteiger partial charge is 0.306 e. The van der Waals surface area contributed by atoms with Gasteiger partial charge in [0.1, 0.15) is 13.2 Å². The number of hydrogen-bond acceptors (Lipinski definition) is 6. The summed E-state index contributed by atoms with van der Waals surface area (Å²) in [6.45, 7) is 6.51. The van der Waals surface area contributed by atoms with Crippen molar-refractivity contribution in [1.82, 2.24) is 0 Å². The summed E-state index contributed by atoms with van der Waals surface area (Å²) in [6.07, 6.45) is 92.9. The van der Waals surface area contributed by atoms with E-state index in [9.17, 15) is 14.4 Å². The minimum absolute atomic E-state index is 0.0895. The maximum Gasteiger partial charge on any atom is 0.306 e. The summed E-state index contributed by atoms with van der Waals surface area (Å²) in [6, 6.07) is 0. The van der Waals surface area contributed by atoms with E-state index in [1.807, 2.05) is 0 Å². The van der Waals surface area contributed by atoms with Gasteiger partial charge in [0, 0.05) is 19.3 Å². The number of hydrogen-bond donors (Lipinski definition) is 0. The number of rotatable bonds is 63. The lowest BCUT2D eigenvalue weighted by atomic mass is 10.0. The van der Waals surface area contributed by atoms with Crippen LogP contribution in [0.15, 0.2) is 97.2 Å². The average Bonchev–Trinajstić information content (AvgIpc) is 3.47. The van der Waals surface area contributed by atoms with Crippen molar-refractivity contribution in [3.05, 3.63) is 97.2 Å². The molecule has 0 aliphatic carbocycles. The zero-order chi connectivity index (χ0) is 58.5. The van der Waals surface area contributed by atoms with Crippen LogP contribution in [-0.2, 0) is 28.6 Å². The van der Waals surface area contributed by atoms with E-state index in [0.717, 1.165) is 122 Å². The minimum Gasteiger partial charge on any atom is -0.462 e. The third kappa shape index (κ3) is 67.0. The first-order valence-electron chi connectivity index (χ1n) is 34.7. The van der Waals surface area contributed by atoms with Crippen LogP contribution in [0.5, 0.6) is 0 Å². The maximum atomic E-state index is 12.9. The molecule has 0 fully saturated rings. The summed E-state index contributed by atoms with van der Waals surface area (Å²) in [5.74, 6) is -0.913. The van der Waals surface area contributed by atoms with Crippen molar-refractivity contribution in [2.24, 2.45) is 0 Å². The van der Waals surface area contributed by atoms with Gasteiger partial charge in [-0.2, -0.15) is 0 Å². The second kappa shape index (κ2) is 68.8. The average molecular weight is 1130 g/mol. The third-order valence-corrected chi connectivity index (χ3v) is 15.0. The molecule has 0 N–H and O–H groups in total. The molecule has 0 rings (SSSR count). The van der Waals surface area contributed by atoms with Crippen molar-refractivity contribution < 1.29 is 28.6 Å². The first-order valence-corrected chi connectivity index (χ1v) is 34.7. The van der Waals surface area contributed by atoms with Crippen molar-refractivity contribution in [1.29, 1.82) is 0 Å². The molecule has 0 aliphatic rings. The van der Waals surface area contributed by atoms with Gasteiger partial charge in [-0.1, -0.05) is 298 Å². The van der Waals surface area contributed by atoms with Gasteiger partial charge in [0.05, 0.1) is 0 Å². The second-order valence-corrected chi connectivity index (χ2v) is 23.1. The van der Waals surface area contributed by atoms with Crippen LogP contribution < -0.4 is 0 Å². The molecule has 6 nitrogen and oxygen atoms in total. The van der Waals surface area contributed by atoms with Gasteiger partial charge in [-0.3, -0.25) is 14.4 Å². The van der Waals surface area contributed by atoms with Crippen LogP contribution in [0.25, 0.3) is 0 Å². The van der Waals surface area contributed by atoms with Gasteiger partial charge in [-0.15, -0.1) is 0 Å². The van der Waals surface area contributed by atoms with Crippen LogP contribution >= 0.6 is 0 Å². The van der Waals surface area contributed by atoms with E-state index in [2.05, 4.69) is 118 Å². The van der Waals surface area contributed by atoms with Gasteiger partial charge in [-0.05, 0) is 122 Å². The van der Waals surface area contributed by atoms with Crippen LogP contribution in [0.3, 0.4) is 0 Å². The molecule has 0 radical (unpaired) electrons. The fourth-order valence-electron chi connectivity index (χ4n) is 9.85. The Balaban J connectivity index is 4.35. The van der Waals surface area contributed by atoms with Crippen molar-refractivity contribution in [3.8, 4) is 0 Å². The van der Waals surface area contributed by atoms with Crippen molar-refractivity contribution >= 4 is 17.9 Å². The molecule has 1 atom stereocenters. The Morgan fingerprint density at radius 1 is 0.259 bits per heavy atom. The first-order chi connectivity index (χ1) is 40.0. The van der Waals surface area contributed by atoms with Gasteiger partial charge in [0.25, 0.3) is 0 Å². The van der Waals surface area contributed by atoms with Crippen LogP contribution in [0.1, 0.15) is 342 Å². The molecule has 466 valence electrons. The SMILES string of the molecule is CC/C=C\C/C=C\C/C=C\C/C=C\CCCCCCC(=O)OCC(COC(=O)CCCCCCCCCCCCCCCCC/C=C\CCCCCCCCCC)OC(=O)CCCCCCCC/C=C\C/C=C\C/C=C\CCCCC. The fourth-order valence-corrected chi connectivity index (χ4v) is 9.85. The number of unbranched alkanes of at least 4 members (excludes halogenated alkanes) is 36. The molecular formula is C75H130O6. The fraction of sp³-hybridized carbons (Fsp3) is 0.747. The standard InChI is InChI=1S/C75H130O6/c1-4-7-10-13-16-19-22-25-28-31-33-34-35-36-37-38-39-40-42-44-47-50-53-56-59-62-65-68-74(77)80-71-72(70-79-73(76)67-64-61-58-55-52-49-46-43-30-27-24-21-18-15-12-9-6-3)81-75(78)69-66-63-60-57-54-51-48-45-41-32-29-26-23-20-17-14-11-8-5-2/h9,12,17-18,20-21,26-27,29-31,33,41,45-46,49,72H,4-8,10-11,13-16,19,22-25,28,32,34-40,42-44,47-48,50-71H2,1-3H3/b12-9-,20-17-,21-18-,29-26-,30-27-,33-31-,45-41-,49-46-. The van der Waals surface area contributed by atoms with E-state index in [0.29, 0.717) is 19.3 Å². The second-order valence-electron chi connectivity index (χ2n) is 23.1. The third-order valence-electron chi connectivity index (χ3n) is 15.0. The van der Waals surface area contributed by atoms with E-state index in [1.165, 1.54) is 180 Å². The Morgan fingerprint density at radius 2 is 0.481 bits per heavy atom. The lowest BCUT2D eigenvalue weighted by molar-refractivity contribution is -0.167. The van der Waals surface area contributed by atoms with E-state index >= 15 is 0 Å². The van der Waals surface area contributed by atoms with E-state index < -0.39 is 6.10 Å². The van der Waals surface area contributed by atoms with Crippen molar-refractivity contribution in [2.45, 2.75) is 348 Å². The lowest BCUT2D eigenvalue weighted by Gasteiger charge is -2.18. The normalized spacial score (nSPS) is 12.7. The Morgan fingerprint density at radius 3 is 0.790 bits per heavy atom. The molecular weight excluding hydrogens is 997 g/mol. The Kier molecular flexibility index (Phi) is 65.7. The molecule has 1 unspecified atom stereocenters. The van der Waals surface area contributed by atoms with Crippen LogP contribution in [0.4, 0.5) is 0 Å². The van der Waals surface area contributed by atoms with E-state index in [4.69, 9.17) is 14.2 Å². The summed E-state index contributed by atoms with van der Waals surface area (Å²) < 4.78 is 17.0. The lowest BCUT2D eigenvalue weighted by Crippen LogP contribution is -2.30. The molecule has 0 aromatic carbocycles. The highest BCUT2D eigenvalue weighted by molar-refractivity contribution is 5.71. The van der Waals surface area contributed by atoms with Gasteiger partial charge in [0.15, 0.2) is 6.10 Å². The molecule has 0 saturated heterocycles. The Labute approximate surface area is 502 Å². The van der Waals surface area contributed by atoms with E-state index in [-0.39, 0.29) is 31.1 Å². The van der Waals surface area contributed by atoms with Crippen LogP contribution in [0, 0.1) is 0 Å². The first kappa shape index (κ1) is 77.3. The quantitative estimate of drug-likeness (QED) is 0.0261. The zero-order valence-electron chi connectivity index (χ0n) is 53.5. The molecule has 0 aliphatic heterocycles. The summed E-state index contributed by atoms with van der Waals surface area (Å²) in [5.41, 5.74) is 0. The predicted octanol–water partition coefficient (Wildman–Crippen LogP) is 24.0. The number of allylic oxidation sites excluding steroid dienone is 16. The van der Waals surface area contributed by atoms with Gasteiger partial charge in [0.2, 0.25) is 0 Å². The number of carbonyl (C=O) groups is 3. The summed E-state index contributed by atoms with van der Waals surface area (Å²) in [4.78, 5) is 38.4. The topological polar surface area (TPSA) is 78.9 Å². The molecule has 0 amide bonds. The summed E-state index contributed by atoms with van der Waals surface area (Å²) in [5, 5.41) is 0. The molecule has 0 bridgehead atoms. The van der Waals surface area contributed by atoms with Crippen molar-refractivity contribution in [2.75, 3.05) is 13.2 Å². The molecule has 0 aromatic heterocycles. The molecule has 0 spiro atoms. The predicted molar refractivity (Wildman–Crippen MR) is 353 cm³/mol. The maximum absolute atomic E-state index is 12.9. The Bertz CT molecular complexity index is 1580. The molecule has 0 heterocycles. The number of carbonyl (C=O) groups excluding carboxylic acids is 3. The minimum atomic E-state index is -0.797. The highest BCUT2D eigenvalue weighted by atomic mass is 16.6. The summed E-state index contributed by atoms with van der Waals surface area (Å²) in [7, 11) is 0. The number of ether oxygens (including phenoxy) is 3. The highest BCUT2D eigenvalue weighted by Crippen LogP contribution is 2.17. The number of esters is 3. The molecule has 0 saturated carbocycles. The largest absolute Gasteiger partial charge is 0.462 e. The molecule has 0 aromatic rings. The van der Waals surface area contributed by atoms with Crippen molar-refractivity contribution in [3.63, 3.8) is 0 Å². The molecule has 81 heavy (non-hydrogen) atoms.